The molecule has 0 aliphatic carbocycles. The van der Waals surface area contributed by atoms with Crippen molar-refractivity contribution in [2.75, 3.05) is 26.2 Å². The first-order chi connectivity index (χ1) is 12.4. The Morgan fingerprint density at radius 2 is 1.88 bits per heavy atom. The Kier molecular flexibility index (Phi) is 5.96. The molecular formula is C18H19BrN2O3S2. The van der Waals surface area contributed by atoms with Gasteiger partial charge in [-0.15, -0.1) is 11.3 Å². The number of amides is 1. The molecule has 0 atom stereocenters. The van der Waals surface area contributed by atoms with Crippen molar-refractivity contribution in [3.8, 4) is 0 Å². The van der Waals surface area contributed by atoms with Crippen molar-refractivity contribution in [3.63, 3.8) is 0 Å². The van der Waals surface area contributed by atoms with Gasteiger partial charge >= 0.3 is 0 Å². The molecule has 138 valence electrons. The quantitative estimate of drug-likeness (QED) is 0.665. The molecule has 8 heteroatoms. The van der Waals surface area contributed by atoms with Gasteiger partial charge in [-0.2, -0.15) is 4.31 Å². The number of nitrogens with zero attached hydrogens (tertiary/aromatic N) is 2. The monoisotopic (exact) mass is 454 g/mol. The molecule has 0 N–H and O–H groups in total. The van der Waals surface area contributed by atoms with Gasteiger partial charge in [0.1, 0.15) is 0 Å². The van der Waals surface area contributed by atoms with Gasteiger partial charge < -0.3 is 4.90 Å². The molecule has 1 aromatic carbocycles. The summed E-state index contributed by atoms with van der Waals surface area (Å²) in [7, 11) is -3.54. The number of carbonyl (C=O) groups excluding carboxylic acids is 1. The fourth-order valence-corrected chi connectivity index (χ4v) is 5.53. The Morgan fingerprint density at radius 3 is 2.50 bits per heavy atom. The van der Waals surface area contributed by atoms with Gasteiger partial charge in [-0.1, -0.05) is 22.0 Å². The molecule has 0 spiro atoms. The molecule has 0 unspecified atom stereocenters. The van der Waals surface area contributed by atoms with Crippen molar-refractivity contribution >= 4 is 49.3 Å². The van der Waals surface area contributed by atoms with Crippen LogP contribution >= 0.6 is 27.3 Å². The number of carbonyl (C=O) groups is 1. The molecule has 2 aromatic rings. The summed E-state index contributed by atoms with van der Waals surface area (Å²) in [4.78, 5) is 16.5. The summed E-state index contributed by atoms with van der Waals surface area (Å²) in [6, 6.07) is 10.7. The number of piperazine rings is 1. The minimum atomic E-state index is -3.54. The number of sulfonamides is 1. The minimum absolute atomic E-state index is 0.0874. The highest BCUT2D eigenvalue weighted by molar-refractivity contribution is 9.10. The average Bonchev–Trinajstić information content (AvgIpc) is 3.05. The number of halogens is 1. The Morgan fingerprint density at radius 1 is 1.15 bits per heavy atom. The van der Waals surface area contributed by atoms with E-state index in [4.69, 9.17) is 0 Å². The molecular weight excluding hydrogens is 436 g/mol. The first kappa shape index (κ1) is 19.3. The molecule has 3 rings (SSSR count). The first-order valence-electron chi connectivity index (χ1n) is 8.15. The molecule has 1 aliphatic rings. The van der Waals surface area contributed by atoms with Gasteiger partial charge in [0.25, 0.3) is 0 Å². The number of benzene rings is 1. The third-order valence-electron chi connectivity index (χ3n) is 4.14. The average molecular weight is 455 g/mol. The Balaban J connectivity index is 1.61. The largest absolute Gasteiger partial charge is 0.337 e. The molecule has 1 aliphatic heterocycles. The van der Waals surface area contributed by atoms with Gasteiger partial charge in [0, 0.05) is 46.5 Å². The summed E-state index contributed by atoms with van der Waals surface area (Å²) in [5.74, 6) is -0.0874. The summed E-state index contributed by atoms with van der Waals surface area (Å²) in [6.07, 6.45) is 3.37. The van der Waals surface area contributed by atoms with Gasteiger partial charge in [0.2, 0.25) is 15.9 Å². The highest BCUT2D eigenvalue weighted by Gasteiger charge is 2.29. The highest BCUT2D eigenvalue weighted by atomic mass is 79.9. The normalized spacial score (nSPS) is 16.3. The molecule has 5 nitrogen and oxygen atoms in total. The second kappa shape index (κ2) is 8.04. The lowest BCUT2D eigenvalue weighted by molar-refractivity contribution is -0.127. The van der Waals surface area contributed by atoms with Crippen LogP contribution in [0.3, 0.4) is 0 Å². The Bertz CT molecular complexity index is 929. The third kappa shape index (κ3) is 4.43. The van der Waals surface area contributed by atoms with E-state index >= 15 is 0 Å². The van der Waals surface area contributed by atoms with E-state index in [1.54, 1.807) is 46.6 Å². The summed E-state index contributed by atoms with van der Waals surface area (Å²) < 4.78 is 27.6. The second-order valence-corrected chi connectivity index (χ2v) is 10.1. The zero-order valence-electron chi connectivity index (χ0n) is 14.3. The maximum atomic E-state index is 12.7. The minimum Gasteiger partial charge on any atom is -0.337 e. The van der Waals surface area contributed by atoms with Crippen LogP contribution < -0.4 is 0 Å². The van der Waals surface area contributed by atoms with E-state index in [0.717, 1.165) is 9.35 Å². The number of aryl methyl sites for hydroxylation is 1. The number of hydrogen-bond acceptors (Lipinski definition) is 4. The van der Waals surface area contributed by atoms with E-state index < -0.39 is 10.0 Å². The van der Waals surface area contributed by atoms with E-state index in [1.807, 2.05) is 25.1 Å². The van der Waals surface area contributed by atoms with Crippen LogP contribution in [0.4, 0.5) is 0 Å². The Hall–Kier alpha value is -1.48. The summed E-state index contributed by atoms with van der Waals surface area (Å²) in [5.41, 5.74) is 0. The van der Waals surface area contributed by atoms with E-state index in [0.29, 0.717) is 26.2 Å². The summed E-state index contributed by atoms with van der Waals surface area (Å²) in [6.45, 7) is 3.40. The lowest BCUT2D eigenvalue weighted by atomic mass is 10.3. The number of thiophene rings is 1. The van der Waals surface area contributed by atoms with Crippen molar-refractivity contribution in [2.24, 2.45) is 0 Å². The smallest absolute Gasteiger partial charge is 0.246 e. The van der Waals surface area contributed by atoms with Crippen LogP contribution in [-0.4, -0.2) is 49.7 Å². The zero-order valence-corrected chi connectivity index (χ0v) is 17.5. The van der Waals surface area contributed by atoms with E-state index in [2.05, 4.69) is 15.9 Å². The van der Waals surface area contributed by atoms with Crippen molar-refractivity contribution in [3.05, 3.63) is 56.7 Å². The summed E-state index contributed by atoms with van der Waals surface area (Å²) >= 11 is 4.93. The van der Waals surface area contributed by atoms with Gasteiger partial charge in [0.05, 0.1) is 4.90 Å². The maximum Gasteiger partial charge on any atom is 0.246 e. The van der Waals surface area contributed by atoms with E-state index in [-0.39, 0.29) is 10.8 Å². The maximum absolute atomic E-state index is 12.7. The molecule has 1 aromatic heterocycles. The van der Waals surface area contributed by atoms with Gasteiger partial charge in [-0.3, -0.25) is 4.79 Å². The van der Waals surface area contributed by atoms with Crippen molar-refractivity contribution in [2.45, 2.75) is 11.8 Å². The fourth-order valence-electron chi connectivity index (χ4n) is 2.73. The molecule has 1 saturated heterocycles. The van der Waals surface area contributed by atoms with Crippen LogP contribution in [0.1, 0.15) is 9.75 Å². The molecule has 26 heavy (non-hydrogen) atoms. The van der Waals surface area contributed by atoms with Crippen molar-refractivity contribution in [1.29, 1.82) is 0 Å². The van der Waals surface area contributed by atoms with Crippen LogP contribution in [0.15, 0.2) is 51.8 Å². The lowest BCUT2D eigenvalue weighted by Gasteiger charge is -2.33. The molecule has 2 heterocycles. The van der Waals surface area contributed by atoms with Crippen LogP contribution in [0.25, 0.3) is 6.08 Å². The third-order valence-corrected chi connectivity index (χ3v) is 7.49. The predicted molar refractivity (Wildman–Crippen MR) is 108 cm³/mol. The standard InChI is InChI=1S/C18H19BrN2O3S2/c1-14-5-6-16(25-14)7-8-18(22)20-9-11-21(12-10-20)26(23,24)17-4-2-3-15(19)13-17/h2-8,13H,9-12H2,1H3/b8-7+. The van der Waals surface area contributed by atoms with Crippen LogP contribution in [0.5, 0.6) is 0 Å². The molecule has 1 fully saturated rings. The highest BCUT2D eigenvalue weighted by Crippen LogP contribution is 2.21. The predicted octanol–water partition coefficient (Wildman–Crippen LogP) is 3.37. The number of hydrogen-bond donors (Lipinski definition) is 0. The molecule has 1 amide bonds. The van der Waals surface area contributed by atoms with Crippen molar-refractivity contribution < 1.29 is 13.2 Å². The zero-order chi connectivity index (χ0) is 18.7. The summed E-state index contributed by atoms with van der Waals surface area (Å²) in [5, 5.41) is 0. The second-order valence-electron chi connectivity index (χ2n) is 5.97. The molecule has 0 saturated carbocycles. The lowest BCUT2D eigenvalue weighted by Crippen LogP contribution is -2.50. The van der Waals surface area contributed by atoms with Gasteiger partial charge in [-0.05, 0) is 43.3 Å². The van der Waals surface area contributed by atoms with Gasteiger partial charge in [-0.25, -0.2) is 8.42 Å². The number of rotatable bonds is 4. The van der Waals surface area contributed by atoms with Crippen LogP contribution in [0, 0.1) is 6.92 Å². The Labute approximate surface area is 166 Å². The van der Waals surface area contributed by atoms with Gasteiger partial charge in [0.15, 0.2) is 0 Å². The topological polar surface area (TPSA) is 57.7 Å². The molecule has 0 bridgehead atoms. The van der Waals surface area contributed by atoms with Crippen molar-refractivity contribution in [1.82, 2.24) is 9.21 Å². The molecule has 0 radical (unpaired) electrons. The first-order valence-corrected chi connectivity index (χ1v) is 11.2. The fraction of sp³-hybridized carbons (Fsp3) is 0.278. The van der Waals surface area contributed by atoms with Crippen LogP contribution in [0.2, 0.25) is 0 Å². The van der Waals surface area contributed by atoms with Crippen LogP contribution in [-0.2, 0) is 14.8 Å². The van der Waals surface area contributed by atoms with E-state index in [1.165, 1.54) is 9.18 Å². The SMILES string of the molecule is Cc1ccc(/C=C/C(=O)N2CCN(S(=O)(=O)c3cccc(Br)c3)CC2)s1. The van der Waals surface area contributed by atoms with E-state index in [9.17, 15) is 13.2 Å².